The molecule has 0 unspecified atom stereocenters. The smallest absolute Gasteiger partial charge is 0.137 e. The lowest BCUT2D eigenvalue weighted by molar-refractivity contribution is 0.322. The number of rotatable bonds is 9. The molecule has 47 heavy (non-hydrogen) atoms. The van der Waals surface area contributed by atoms with Gasteiger partial charge in [-0.15, -0.1) is 0 Å². The van der Waals surface area contributed by atoms with E-state index in [1.165, 1.54) is 10.9 Å². The summed E-state index contributed by atoms with van der Waals surface area (Å²) in [4.78, 5) is 4.71. The lowest BCUT2D eigenvalue weighted by Crippen LogP contribution is -2.05. The zero-order valence-electron chi connectivity index (χ0n) is 27.7. The van der Waals surface area contributed by atoms with Crippen molar-refractivity contribution in [1.29, 1.82) is 0 Å². The Labute approximate surface area is 275 Å². The predicted molar refractivity (Wildman–Crippen MR) is 189 cm³/mol. The number of hydrogen-bond donors (Lipinski definition) is 0. The summed E-state index contributed by atoms with van der Waals surface area (Å²) in [6.07, 6.45) is 5.75. The average Bonchev–Trinajstić information content (AvgIpc) is 3.69. The quantitative estimate of drug-likeness (QED) is 0.160. The van der Waals surface area contributed by atoms with Gasteiger partial charge >= 0.3 is 0 Å². The van der Waals surface area contributed by atoms with Crippen LogP contribution in [0.4, 0.5) is 0 Å². The average molecular weight is 623 g/mol. The van der Waals surface area contributed by atoms with E-state index in [1.807, 2.05) is 73.5 Å². The zero-order chi connectivity index (χ0) is 32.7. The molecule has 0 aliphatic rings. The summed E-state index contributed by atoms with van der Waals surface area (Å²) in [6, 6.07) is 26.7. The van der Waals surface area contributed by atoms with Crippen molar-refractivity contribution >= 4 is 21.8 Å². The van der Waals surface area contributed by atoms with Gasteiger partial charge in [0.15, 0.2) is 0 Å². The van der Waals surface area contributed by atoms with E-state index in [2.05, 4.69) is 74.7 Å². The van der Waals surface area contributed by atoms with Crippen LogP contribution in [-0.4, -0.2) is 32.5 Å². The number of hydrogen-bond acceptors (Lipinski definition) is 5. The van der Waals surface area contributed by atoms with Crippen LogP contribution in [0.1, 0.15) is 36.1 Å². The summed E-state index contributed by atoms with van der Waals surface area (Å²) in [5.41, 5.74) is 9.43. The molecule has 0 fully saturated rings. The van der Waals surface area contributed by atoms with Crippen LogP contribution in [0.25, 0.3) is 44.4 Å². The van der Waals surface area contributed by atoms with Gasteiger partial charge in [0.25, 0.3) is 0 Å². The second-order valence-electron chi connectivity index (χ2n) is 11.8. The molecule has 0 radical (unpaired) electrons. The fraction of sp³-hybridized carbons (Fsp3) is 0.200. The number of aryl methyl sites for hydroxylation is 1. The van der Waals surface area contributed by atoms with E-state index < -0.39 is 0 Å². The molecule has 236 valence electrons. The van der Waals surface area contributed by atoms with Gasteiger partial charge in [-0.3, -0.25) is 4.57 Å². The van der Waals surface area contributed by atoms with E-state index in [0.717, 1.165) is 73.0 Å². The van der Waals surface area contributed by atoms with Crippen LogP contribution >= 0.6 is 0 Å². The maximum absolute atomic E-state index is 6.48. The standard InChI is InChI=1S/C40H38N4O3/c1-7-45-39-27(5)26(4)28(6)40(46-8-2)38(39)29-23-42-43(24-29)30-12-11-13-31(21-30)47-32-16-17-34-33-14-9-10-15-35(33)44(36(34)22-32)37-20-25(3)18-19-41-37/h9-24H,7-8H2,1-6H3. The van der Waals surface area contributed by atoms with Gasteiger partial charge in [0.05, 0.1) is 41.7 Å². The highest BCUT2D eigenvalue weighted by atomic mass is 16.5. The minimum atomic E-state index is 0.559. The van der Waals surface area contributed by atoms with E-state index in [-0.39, 0.29) is 0 Å². The number of fused-ring (bicyclic) bond motifs is 3. The van der Waals surface area contributed by atoms with Gasteiger partial charge < -0.3 is 14.2 Å². The Balaban J connectivity index is 1.25. The van der Waals surface area contributed by atoms with Crippen LogP contribution < -0.4 is 14.2 Å². The maximum atomic E-state index is 6.48. The summed E-state index contributed by atoms with van der Waals surface area (Å²) in [7, 11) is 0. The third-order valence-electron chi connectivity index (χ3n) is 8.80. The molecule has 7 heteroatoms. The summed E-state index contributed by atoms with van der Waals surface area (Å²) in [5, 5.41) is 7.07. The molecule has 0 aliphatic carbocycles. The minimum Gasteiger partial charge on any atom is -0.493 e. The fourth-order valence-corrected chi connectivity index (χ4v) is 6.33. The van der Waals surface area contributed by atoms with Crippen molar-refractivity contribution in [2.24, 2.45) is 0 Å². The van der Waals surface area contributed by atoms with Gasteiger partial charge in [0, 0.05) is 40.9 Å². The van der Waals surface area contributed by atoms with E-state index in [1.54, 1.807) is 0 Å². The highest BCUT2D eigenvalue weighted by Crippen LogP contribution is 2.45. The number of para-hydroxylation sites is 1. The maximum Gasteiger partial charge on any atom is 0.137 e. The van der Waals surface area contributed by atoms with Crippen molar-refractivity contribution in [3.8, 4) is 45.6 Å². The second kappa shape index (κ2) is 12.3. The van der Waals surface area contributed by atoms with Crippen molar-refractivity contribution in [3.63, 3.8) is 0 Å². The number of ether oxygens (including phenoxy) is 3. The lowest BCUT2D eigenvalue weighted by atomic mass is 9.94. The number of aromatic nitrogens is 4. The van der Waals surface area contributed by atoms with Crippen LogP contribution in [0.5, 0.6) is 23.0 Å². The van der Waals surface area contributed by atoms with Gasteiger partial charge in [-0.2, -0.15) is 5.10 Å². The molecule has 0 aliphatic heterocycles. The van der Waals surface area contributed by atoms with Crippen molar-refractivity contribution in [2.45, 2.75) is 41.5 Å². The molecule has 0 atom stereocenters. The Morgan fingerprint density at radius 1 is 0.681 bits per heavy atom. The molecule has 0 amide bonds. The molecule has 3 heterocycles. The first-order valence-corrected chi connectivity index (χ1v) is 16.1. The predicted octanol–water partition coefficient (Wildman–Crippen LogP) is 9.85. The Bertz CT molecular complexity index is 2230. The minimum absolute atomic E-state index is 0.559. The first kappa shape index (κ1) is 30.1. The lowest BCUT2D eigenvalue weighted by Gasteiger charge is -2.21. The first-order chi connectivity index (χ1) is 22.9. The molecule has 0 bridgehead atoms. The molecule has 0 saturated carbocycles. The van der Waals surface area contributed by atoms with Crippen LogP contribution in [0.3, 0.4) is 0 Å². The summed E-state index contributed by atoms with van der Waals surface area (Å²) >= 11 is 0. The number of benzene rings is 4. The Morgan fingerprint density at radius 2 is 1.40 bits per heavy atom. The van der Waals surface area contributed by atoms with Gasteiger partial charge in [-0.25, -0.2) is 9.67 Å². The highest BCUT2D eigenvalue weighted by Gasteiger charge is 2.23. The SMILES string of the molecule is CCOc1c(C)c(C)c(C)c(OCC)c1-c1cnn(-c2cccc(Oc3ccc4c5ccccc5n(-c5cc(C)ccn5)c4c3)c2)c1. The molecule has 0 spiro atoms. The molecular formula is C40H38N4O3. The summed E-state index contributed by atoms with van der Waals surface area (Å²) < 4.78 is 22.9. The zero-order valence-corrected chi connectivity index (χ0v) is 27.7. The van der Waals surface area contributed by atoms with Gasteiger partial charge in [0.1, 0.15) is 28.8 Å². The van der Waals surface area contributed by atoms with Crippen LogP contribution in [0.2, 0.25) is 0 Å². The second-order valence-corrected chi connectivity index (χ2v) is 11.8. The Kier molecular flexibility index (Phi) is 7.90. The van der Waals surface area contributed by atoms with Gasteiger partial charge in [-0.1, -0.05) is 24.3 Å². The molecule has 7 aromatic rings. The topological polar surface area (TPSA) is 63.3 Å². The Hall–Kier alpha value is -5.56. The van der Waals surface area contributed by atoms with E-state index >= 15 is 0 Å². The molecular weight excluding hydrogens is 584 g/mol. The summed E-state index contributed by atoms with van der Waals surface area (Å²) in [5.74, 6) is 4.00. The molecule has 7 rings (SSSR count). The van der Waals surface area contributed by atoms with E-state index in [0.29, 0.717) is 19.0 Å². The molecule has 0 N–H and O–H groups in total. The fourth-order valence-electron chi connectivity index (χ4n) is 6.33. The van der Waals surface area contributed by atoms with Crippen molar-refractivity contribution < 1.29 is 14.2 Å². The van der Waals surface area contributed by atoms with Gasteiger partial charge in [-0.05, 0) is 106 Å². The third-order valence-corrected chi connectivity index (χ3v) is 8.80. The number of pyridine rings is 1. The Morgan fingerprint density at radius 3 is 2.15 bits per heavy atom. The van der Waals surface area contributed by atoms with E-state index in [4.69, 9.17) is 24.3 Å². The van der Waals surface area contributed by atoms with Gasteiger partial charge in [0.2, 0.25) is 0 Å². The van der Waals surface area contributed by atoms with Crippen molar-refractivity contribution in [3.05, 3.63) is 120 Å². The van der Waals surface area contributed by atoms with Crippen molar-refractivity contribution in [2.75, 3.05) is 13.2 Å². The van der Waals surface area contributed by atoms with Crippen molar-refractivity contribution in [1.82, 2.24) is 19.3 Å². The summed E-state index contributed by atoms with van der Waals surface area (Å²) in [6.45, 7) is 13.5. The van der Waals surface area contributed by atoms with Crippen LogP contribution in [0, 0.1) is 27.7 Å². The van der Waals surface area contributed by atoms with Crippen LogP contribution in [0.15, 0.2) is 97.5 Å². The molecule has 4 aromatic carbocycles. The van der Waals surface area contributed by atoms with E-state index in [9.17, 15) is 0 Å². The molecule has 7 nitrogen and oxygen atoms in total. The monoisotopic (exact) mass is 622 g/mol. The normalized spacial score (nSPS) is 11.4. The largest absolute Gasteiger partial charge is 0.493 e. The highest BCUT2D eigenvalue weighted by molar-refractivity contribution is 6.09. The molecule has 3 aromatic heterocycles. The number of nitrogens with zero attached hydrogens (tertiary/aromatic N) is 4. The van der Waals surface area contributed by atoms with Crippen LogP contribution in [-0.2, 0) is 0 Å². The third kappa shape index (κ3) is 5.37. The molecule has 0 saturated heterocycles. The first-order valence-electron chi connectivity index (χ1n) is 16.1.